The molecular weight excluding hydrogens is 212 g/mol. The zero-order valence-electron chi connectivity index (χ0n) is 11.3. The summed E-state index contributed by atoms with van der Waals surface area (Å²) < 4.78 is 0. The molecular formula is C13H22N4. The van der Waals surface area contributed by atoms with Gasteiger partial charge in [-0.3, -0.25) is 0 Å². The molecule has 0 radical (unpaired) electrons. The lowest BCUT2D eigenvalue weighted by Crippen LogP contribution is -2.28. The summed E-state index contributed by atoms with van der Waals surface area (Å²) in [5, 5.41) is 3.13. The molecule has 0 bridgehead atoms. The maximum atomic E-state index is 5.88. The molecule has 94 valence electrons. The Bertz CT molecular complexity index is 402. The van der Waals surface area contributed by atoms with Crippen molar-refractivity contribution in [3.8, 4) is 0 Å². The highest BCUT2D eigenvalue weighted by Crippen LogP contribution is 2.23. The van der Waals surface area contributed by atoms with Crippen molar-refractivity contribution in [1.82, 2.24) is 0 Å². The summed E-state index contributed by atoms with van der Waals surface area (Å²) in [6.45, 7) is 6.04. The largest absolute Gasteiger partial charge is 0.376 e. The number of rotatable bonds is 2. The van der Waals surface area contributed by atoms with E-state index in [-0.39, 0.29) is 5.54 Å². The van der Waals surface area contributed by atoms with Gasteiger partial charge in [-0.15, -0.1) is 0 Å². The van der Waals surface area contributed by atoms with Crippen LogP contribution in [0.15, 0.2) is 29.3 Å². The Kier molecular flexibility index (Phi) is 3.99. The highest BCUT2D eigenvalue weighted by atomic mass is 15.1. The molecule has 0 aromatic heterocycles. The maximum Gasteiger partial charge on any atom is 0.193 e. The predicted octanol–water partition coefficient (Wildman–Crippen LogP) is 2.28. The first kappa shape index (κ1) is 13.4. The average Bonchev–Trinajstić information content (AvgIpc) is 2.14. The molecule has 1 rings (SSSR count). The number of para-hydroxylation sites is 2. The Labute approximate surface area is 104 Å². The Morgan fingerprint density at radius 1 is 1.24 bits per heavy atom. The molecule has 0 heterocycles. The fourth-order valence-electron chi connectivity index (χ4n) is 1.50. The van der Waals surface area contributed by atoms with Gasteiger partial charge in [-0.1, -0.05) is 12.1 Å². The Balaban J connectivity index is 2.92. The monoisotopic (exact) mass is 234 g/mol. The van der Waals surface area contributed by atoms with Crippen LogP contribution in [0.5, 0.6) is 0 Å². The number of benzene rings is 1. The molecule has 0 aliphatic carbocycles. The Hall–Kier alpha value is -1.71. The van der Waals surface area contributed by atoms with Crippen molar-refractivity contribution < 1.29 is 0 Å². The van der Waals surface area contributed by atoms with E-state index in [1.165, 1.54) is 0 Å². The van der Waals surface area contributed by atoms with Crippen LogP contribution in [0.4, 0.5) is 11.4 Å². The van der Waals surface area contributed by atoms with E-state index in [1.807, 2.05) is 64.0 Å². The lowest BCUT2D eigenvalue weighted by molar-refractivity contribution is 0.583. The molecule has 0 saturated heterocycles. The third-order valence-electron chi connectivity index (χ3n) is 2.10. The standard InChI is InChI=1S/C13H22N4/c1-13(2,3)16-12(14)15-10-8-6-7-9-11(10)17(4)5/h6-9H,1-5H3,(H3,14,15,16). The van der Waals surface area contributed by atoms with E-state index >= 15 is 0 Å². The first-order valence-electron chi connectivity index (χ1n) is 5.68. The summed E-state index contributed by atoms with van der Waals surface area (Å²) in [7, 11) is 4.00. The van der Waals surface area contributed by atoms with Crippen LogP contribution in [0.3, 0.4) is 0 Å². The van der Waals surface area contributed by atoms with Crippen molar-refractivity contribution >= 4 is 17.3 Å². The van der Waals surface area contributed by atoms with Crippen LogP contribution in [-0.2, 0) is 0 Å². The van der Waals surface area contributed by atoms with Crippen molar-refractivity contribution in [1.29, 1.82) is 0 Å². The Morgan fingerprint density at radius 2 is 1.82 bits per heavy atom. The second-order valence-corrected chi connectivity index (χ2v) is 5.20. The van der Waals surface area contributed by atoms with Gasteiger partial charge in [0.15, 0.2) is 5.96 Å². The second kappa shape index (κ2) is 5.08. The predicted molar refractivity (Wildman–Crippen MR) is 75.8 cm³/mol. The molecule has 3 N–H and O–H groups in total. The lowest BCUT2D eigenvalue weighted by atomic mass is 10.1. The molecule has 0 spiro atoms. The van der Waals surface area contributed by atoms with Crippen molar-refractivity contribution in [2.75, 3.05) is 24.3 Å². The van der Waals surface area contributed by atoms with Crippen LogP contribution in [0, 0.1) is 0 Å². The molecule has 0 aliphatic heterocycles. The minimum absolute atomic E-state index is 0.176. The quantitative estimate of drug-likeness (QED) is 0.609. The molecule has 4 heteroatoms. The third kappa shape index (κ3) is 4.34. The molecule has 0 amide bonds. The summed E-state index contributed by atoms with van der Waals surface area (Å²) in [6.07, 6.45) is 0. The van der Waals surface area contributed by atoms with Crippen LogP contribution < -0.4 is 16.0 Å². The van der Waals surface area contributed by atoms with Gasteiger partial charge in [0.25, 0.3) is 0 Å². The van der Waals surface area contributed by atoms with Crippen molar-refractivity contribution in [3.63, 3.8) is 0 Å². The number of hydrogen-bond acceptors (Lipinski definition) is 2. The minimum Gasteiger partial charge on any atom is -0.376 e. The first-order chi connectivity index (χ1) is 7.79. The average molecular weight is 234 g/mol. The van der Waals surface area contributed by atoms with Gasteiger partial charge in [0.05, 0.1) is 16.9 Å². The van der Waals surface area contributed by atoms with Crippen molar-refractivity contribution in [3.05, 3.63) is 24.3 Å². The molecule has 0 unspecified atom stereocenters. The van der Waals surface area contributed by atoms with E-state index in [0.29, 0.717) is 5.96 Å². The van der Waals surface area contributed by atoms with Crippen LogP contribution in [0.25, 0.3) is 0 Å². The summed E-state index contributed by atoms with van der Waals surface area (Å²) in [4.78, 5) is 6.40. The molecule has 0 atom stereocenters. The third-order valence-corrected chi connectivity index (χ3v) is 2.10. The smallest absolute Gasteiger partial charge is 0.193 e. The summed E-state index contributed by atoms with van der Waals surface area (Å²) in [6, 6.07) is 7.99. The highest BCUT2D eigenvalue weighted by molar-refractivity contribution is 5.95. The SMILES string of the molecule is CN(C)c1ccccc1NC(N)=NC(C)(C)C. The second-order valence-electron chi connectivity index (χ2n) is 5.20. The zero-order chi connectivity index (χ0) is 13.1. The number of aliphatic imine (C=N–C) groups is 1. The zero-order valence-corrected chi connectivity index (χ0v) is 11.3. The topological polar surface area (TPSA) is 53.6 Å². The van der Waals surface area contributed by atoms with Gasteiger partial charge in [-0.05, 0) is 32.9 Å². The van der Waals surface area contributed by atoms with Gasteiger partial charge in [-0.25, -0.2) is 4.99 Å². The van der Waals surface area contributed by atoms with Crippen molar-refractivity contribution in [2.45, 2.75) is 26.3 Å². The first-order valence-corrected chi connectivity index (χ1v) is 5.68. The number of hydrogen-bond donors (Lipinski definition) is 2. The molecule has 4 nitrogen and oxygen atoms in total. The molecule has 1 aromatic carbocycles. The van der Waals surface area contributed by atoms with Gasteiger partial charge in [0, 0.05) is 14.1 Å². The lowest BCUT2D eigenvalue weighted by Gasteiger charge is -2.19. The van der Waals surface area contributed by atoms with E-state index in [1.54, 1.807) is 0 Å². The summed E-state index contributed by atoms with van der Waals surface area (Å²) >= 11 is 0. The van der Waals surface area contributed by atoms with Gasteiger partial charge < -0.3 is 16.0 Å². The normalized spacial score (nSPS) is 12.4. The number of guanidine groups is 1. The fourth-order valence-corrected chi connectivity index (χ4v) is 1.50. The number of nitrogens with zero attached hydrogens (tertiary/aromatic N) is 2. The number of nitrogens with one attached hydrogen (secondary N) is 1. The van der Waals surface area contributed by atoms with Crippen LogP contribution in [-0.4, -0.2) is 25.6 Å². The summed E-state index contributed by atoms with van der Waals surface area (Å²) in [5.74, 6) is 0.437. The van der Waals surface area contributed by atoms with E-state index in [2.05, 4.69) is 10.3 Å². The van der Waals surface area contributed by atoms with Gasteiger partial charge in [0.1, 0.15) is 0 Å². The van der Waals surface area contributed by atoms with Gasteiger partial charge in [0.2, 0.25) is 0 Å². The van der Waals surface area contributed by atoms with Crippen LogP contribution in [0.1, 0.15) is 20.8 Å². The highest BCUT2D eigenvalue weighted by Gasteiger charge is 2.09. The van der Waals surface area contributed by atoms with Gasteiger partial charge >= 0.3 is 0 Å². The number of anilines is 2. The summed E-state index contributed by atoms with van der Waals surface area (Å²) in [5.41, 5.74) is 7.75. The molecule has 1 aromatic rings. The van der Waals surface area contributed by atoms with E-state index in [9.17, 15) is 0 Å². The molecule has 17 heavy (non-hydrogen) atoms. The van der Waals surface area contributed by atoms with Gasteiger partial charge in [-0.2, -0.15) is 0 Å². The minimum atomic E-state index is -0.176. The van der Waals surface area contributed by atoms with E-state index < -0.39 is 0 Å². The van der Waals surface area contributed by atoms with Crippen LogP contribution in [0.2, 0.25) is 0 Å². The molecule has 0 saturated carbocycles. The van der Waals surface area contributed by atoms with E-state index in [4.69, 9.17) is 5.73 Å². The maximum absolute atomic E-state index is 5.88. The fraction of sp³-hybridized carbons (Fsp3) is 0.462. The molecule has 0 aliphatic rings. The van der Waals surface area contributed by atoms with E-state index in [0.717, 1.165) is 11.4 Å². The van der Waals surface area contributed by atoms with Crippen LogP contribution >= 0.6 is 0 Å². The van der Waals surface area contributed by atoms with Crippen molar-refractivity contribution in [2.24, 2.45) is 10.7 Å². The Morgan fingerprint density at radius 3 is 2.35 bits per heavy atom. The molecule has 0 fully saturated rings. The number of nitrogens with two attached hydrogens (primary N) is 1.